The van der Waals surface area contributed by atoms with E-state index in [0.717, 1.165) is 12.1 Å². The van der Waals surface area contributed by atoms with Crippen LogP contribution in [-0.4, -0.2) is 83.6 Å². The fourth-order valence-electron chi connectivity index (χ4n) is 4.02. The first kappa shape index (κ1) is 26.6. The monoisotopic (exact) mass is 551 g/mol. The van der Waals surface area contributed by atoms with E-state index in [0.29, 0.717) is 70.1 Å². The number of hydrogen-bond acceptors (Lipinski definition) is 14. The zero-order valence-electron chi connectivity index (χ0n) is 21.2. The van der Waals surface area contributed by atoms with Crippen molar-refractivity contribution in [3.8, 4) is 11.5 Å². The maximum Gasteiger partial charge on any atom is 0.318 e. The van der Waals surface area contributed by atoms with Gasteiger partial charge >= 0.3 is 5.69 Å². The maximum atomic E-state index is 11.5. The predicted molar refractivity (Wildman–Crippen MR) is 143 cm³/mol. The minimum atomic E-state index is -0.737. The summed E-state index contributed by atoms with van der Waals surface area (Å²) in [6.45, 7) is 4.88. The second kappa shape index (κ2) is 12.3. The highest BCUT2D eigenvalue weighted by molar-refractivity contribution is 5.84. The molecule has 3 heterocycles. The molecule has 2 aliphatic heterocycles. The van der Waals surface area contributed by atoms with Crippen molar-refractivity contribution in [3.63, 3.8) is 0 Å². The van der Waals surface area contributed by atoms with Crippen molar-refractivity contribution in [1.82, 2.24) is 15.0 Å². The highest BCUT2D eigenvalue weighted by Crippen LogP contribution is 2.35. The van der Waals surface area contributed by atoms with Crippen LogP contribution in [0.4, 0.5) is 29.2 Å². The summed E-state index contributed by atoms with van der Waals surface area (Å²) in [4.78, 5) is 38.9. The summed E-state index contributed by atoms with van der Waals surface area (Å²) in [5.74, 6) is 1.35. The van der Waals surface area contributed by atoms with E-state index in [1.807, 2.05) is 9.80 Å². The number of para-hydroxylation sites is 1. The molecule has 40 heavy (non-hydrogen) atoms. The number of non-ortho nitro benzene ring substituents is 1. The number of nitro benzene ring substituents is 2. The summed E-state index contributed by atoms with van der Waals surface area (Å²) in [6, 6.07) is 9.91. The van der Waals surface area contributed by atoms with Crippen LogP contribution in [0.2, 0.25) is 0 Å². The minimum Gasteiger partial charge on any atom is -0.449 e. The average Bonchev–Trinajstić information content (AvgIpc) is 2.99. The molecular weight excluding hydrogens is 526 g/mol. The molecule has 0 saturated carbocycles. The highest BCUT2D eigenvalue weighted by Gasteiger charge is 2.23. The van der Waals surface area contributed by atoms with Gasteiger partial charge in [-0.05, 0) is 18.2 Å². The van der Waals surface area contributed by atoms with Crippen molar-refractivity contribution in [2.24, 2.45) is 5.10 Å². The van der Waals surface area contributed by atoms with Gasteiger partial charge in [0.1, 0.15) is 5.75 Å². The van der Waals surface area contributed by atoms with Crippen molar-refractivity contribution >= 4 is 35.4 Å². The van der Waals surface area contributed by atoms with Gasteiger partial charge in [0, 0.05) is 37.8 Å². The number of rotatable bonds is 9. The molecule has 3 aromatic rings. The lowest BCUT2D eigenvalue weighted by atomic mass is 10.2. The summed E-state index contributed by atoms with van der Waals surface area (Å²) in [6.07, 6.45) is 1.46. The third kappa shape index (κ3) is 6.36. The Kier molecular flexibility index (Phi) is 8.17. The van der Waals surface area contributed by atoms with Gasteiger partial charge in [0.15, 0.2) is 0 Å². The molecule has 0 bridgehead atoms. The number of nitro groups is 2. The van der Waals surface area contributed by atoms with E-state index in [1.54, 1.807) is 24.3 Å². The third-order valence-electron chi connectivity index (χ3n) is 6.06. The summed E-state index contributed by atoms with van der Waals surface area (Å²) in [7, 11) is 0. The molecule has 0 atom stereocenters. The van der Waals surface area contributed by atoms with Crippen molar-refractivity contribution in [2.75, 3.05) is 67.8 Å². The van der Waals surface area contributed by atoms with Crippen LogP contribution in [0.3, 0.4) is 0 Å². The lowest BCUT2D eigenvalue weighted by molar-refractivity contribution is -0.394. The van der Waals surface area contributed by atoms with Crippen molar-refractivity contribution in [3.05, 3.63) is 68.3 Å². The Hall–Kier alpha value is -4.96. The number of nitrogens with zero attached hydrogens (tertiary/aromatic N) is 8. The van der Waals surface area contributed by atoms with E-state index in [-0.39, 0.29) is 17.4 Å². The molecule has 16 heteroatoms. The second-order valence-corrected chi connectivity index (χ2v) is 8.63. The fourth-order valence-corrected chi connectivity index (χ4v) is 4.02. The van der Waals surface area contributed by atoms with Crippen LogP contribution < -0.4 is 20.0 Å². The molecule has 208 valence electrons. The first-order chi connectivity index (χ1) is 19.5. The average molecular weight is 552 g/mol. The topological polar surface area (TPSA) is 184 Å². The van der Waals surface area contributed by atoms with Gasteiger partial charge in [-0.15, -0.1) is 0 Å². The molecule has 2 aromatic carbocycles. The predicted octanol–water partition coefficient (Wildman–Crippen LogP) is 2.60. The number of morpholine rings is 2. The summed E-state index contributed by atoms with van der Waals surface area (Å²) in [5.41, 5.74) is 2.38. The molecule has 16 nitrogen and oxygen atoms in total. The lowest BCUT2D eigenvalue weighted by Gasteiger charge is -2.30. The molecule has 2 fully saturated rings. The first-order valence-corrected chi connectivity index (χ1v) is 12.4. The molecule has 1 N–H and O–H groups in total. The van der Waals surface area contributed by atoms with E-state index in [2.05, 4.69) is 25.5 Å². The van der Waals surface area contributed by atoms with Crippen LogP contribution >= 0.6 is 0 Å². The van der Waals surface area contributed by atoms with E-state index in [9.17, 15) is 20.2 Å². The maximum absolute atomic E-state index is 11.5. The number of ether oxygens (including phenoxy) is 3. The van der Waals surface area contributed by atoms with Gasteiger partial charge < -0.3 is 24.0 Å². The number of hydrazone groups is 1. The van der Waals surface area contributed by atoms with Crippen LogP contribution in [-0.2, 0) is 9.47 Å². The fraction of sp³-hybridized carbons (Fsp3) is 0.333. The van der Waals surface area contributed by atoms with Gasteiger partial charge in [-0.1, -0.05) is 12.1 Å². The van der Waals surface area contributed by atoms with E-state index >= 15 is 0 Å². The molecule has 0 unspecified atom stereocenters. The standard InChI is InChI=1S/C24H25N9O7/c34-32(35)18-5-6-21(19(15-18)33(36)37)40-20-4-2-1-3-17(20)16-25-29-22-26-23(30-7-11-38-12-8-30)28-24(27-22)31-9-13-39-14-10-31/h1-6,15-16H,7-14H2,(H,26,27,28,29)/b25-16-. The second-order valence-electron chi connectivity index (χ2n) is 8.63. The van der Waals surface area contributed by atoms with Crippen molar-refractivity contribution < 1.29 is 24.1 Å². The van der Waals surface area contributed by atoms with Crippen LogP contribution in [0.15, 0.2) is 47.6 Å². The Balaban J connectivity index is 1.37. The van der Waals surface area contributed by atoms with Gasteiger partial charge in [-0.25, -0.2) is 5.43 Å². The summed E-state index contributed by atoms with van der Waals surface area (Å²) >= 11 is 0. The molecule has 0 spiro atoms. The van der Waals surface area contributed by atoms with Crippen LogP contribution in [0.1, 0.15) is 5.56 Å². The number of anilines is 3. The Morgan fingerprint density at radius 1 is 0.850 bits per heavy atom. The number of nitrogens with one attached hydrogen (secondary N) is 1. The largest absolute Gasteiger partial charge is 0.449 e. The minimum absolute atomic E-state index is 0.146. The molecule has 0 aliphatic carbocycles. The summed E-state index contributed by atoms with van der Waals surface area (Å²) in [5, 5.41) is 26.8. The van der Waals surface area contributed by atoms with Crippen molar-refractivity contribution in [2.45, 2.75) is 0 Å². The van der Waals surface area contributed by atoms with Crippen LogP contribution in [0, 0.1) is 20.2 Å². The molecule has 1 aromatic heterocycles. The molecule has 0 radical (unpaired) electrons. The zero-order chi connectivity index (χ0) is 27.9. The molecular formula is C24H25N9O7. The smallest absolute Gasteiger partial charge is 0.318 e. The third-order valence-corrected chi connectivity index (χ3v) is 6.06. The van der Waals surface area contributed by atoms with Gasteiger partial charge in [0.05, 0.1) is 48.6 Å². The number of hydrogen-bond donors (Lipinski definition) is 1. The Morgan fingerprint density at radius 3 is 2.08 bits per heavy atom. The van der Waals surface area contributed by atoms with Gasteiger partial charge in [-0.3, -0.25) is 20.2 Å². The Morgan fingerprint density at radius 2 is 1.48 bits per heavy atom. The lowest BCUT2D eigenvalue weighted by Crippen LogP contribution is -2.40. The molecule has 2 aliphatic rings. The Bertz CT molecular complexity index is 1370. The van der Waals surface area contributed by atoms with Gasteiger partial charge in [0.2, 0.25) is 23.6 Å². The number of benzene rings is 2. The van der Waals surface area contributed by atoms with E-state index in [4.69, 9.17) is 14.2 Å². The quantitative estimate of drug-likeness (QED) is 0.233. The van der Waals surface area contributed by atoms with E-state index < -0.39 is 21.2 Å². The van der Waals surface area contributed by atoms with Crippen molar-refractivity contribution in [1.29, 1.82) is 0 Å². The number of aromatic nitrogens is 3. The Labute approximate surface area is 227 Å². The van der Waals surface area contributed by atoms with Crippen LogP contribution in [0.5, 0.6) is 11.5 Å². The first-order valence-electron chi connectivity index (χ1n) is 12.4. The zero-order valence-corrected chi connectivity index (χ0v) is 21.2. The normalized spacial score (nSPS) is 15.7. The SMILES string of the molecule is O=[N+]([O-])c1ccc(Oc2ccccc2/C=N\Nc2nc(N3CCOCC3)nc(N3CCOCC3)n2)c([N+](=O)[O-])c1. The van der Waals surface area contributed by atoms with Crippen LogP contribution in [0.25, 0.3) is 0 Å². The van der Waals surface area contributed by atoms with E-state index in [1.165, 1.54) is 12.3 Å². The summed E-state index contributed by atoms with van der Waals surface area (Å²) < 4.78 is 16.7. The van der Waals surface area contributed by atoms with Gasteiger partial charge in [0.25, 0.3) is 5.69 Å². The van der Waals surface area contributed by atoms with Gasteiger partial charge in [-0.2, -0.15) is 20.1 Å². The molecule has 5 rings (SSSR count). The molecule has 0 amide bonds. The molecule has 2 saturated heterocycles. The highest BCUT2D eigenvalue weighted by atomic mass is 16.6.